The molecule has 0 aliphatic carbocycles. The number of H-pyrrole nitrogens is 1. The van der Waals surface area contributed by atoms with Crippen molar-refractivity contribution in [3.8, 4) is 5.88 Å². The molecule has 8 heteroatoms. The maximum absolute atomic E-state index is 12.1. The number of hydrogen-bond donors (Lipinski definition) is 1. The van der Waals surface area contributed by atoms with E-state index in [9.17, 15) is 9.59 Å². The summed E-state index contributed by atoms with van der Waals surface area (Å²) in [7, 11) is 0. The Labute approximate surface area is 130 Å². The number of aromatic nitrogens is 3. The van der Waals surface area contributed by atoms with Crippen LogP contribution in [-0.4, -0.2) is 45.5 Å². The molecule has 0 spiro atoms. The highest BCUT2D eigenvalue weighted by molar-refractivity contribution is 6.29. The lowest BCUT2D eigenvalue weighted by atomic mass is 10.0. The Morgan fingerprint density at radius 2 is 2.23 bits per heavy atom. The van der Waals surface area contributed by atoms with Gasteiger partial charge >= 0.3 is 0 Å². The summed E-state index contributed by atoms with van der Waals surface area (Å²) in [5.41, 5.74) is 0.244. The van der Waals surface area contributed by atoms with E-state index >= 15 is 0 Å². The standard InChI is InChI=1S/C14H13ClN4O3/c15-11-4-16-5-13(18-11)22-8-9-6-19(7-9)14(21)10-1-2-12(20)17-3-10/h1-5,9H,6-8H2,(H,17,20). The predicted molar refractivity (Wildman–Crippen MR) is 79.0 cm³/mol. The van der Waals surface area contributed by atoms with E-state index in [2.05, 4.69) is 15.0 Å². The molecule has 114 valence electrons. The van der Waals surface area contributed by atoms with Crippen LogP contribution in [0.5, 0.6) is 5.88 Å². The smallest absolute Gasteiger partial charge is 0.255 e. The van der Waals surface area contributed by atoms with Crippen LogP contribution in [0.1, 0.15) is 10.4 Å². The summed E-state index contributed by atoms with van der Waals surface area (Å²) in [4.78, 5) is 35.2. The normalized spacial score (nSPS) is 14.5. The monoisotopic (exact) mass is 320 g/mol. The Morgan fingerprint density at radius 3 is 2.91 bits per heavy atom. The van der Waals surface area contributed by atoms with Crippen molar-refractivity contribution in [2.75, 3.05) is 19.7 Å². The van der Waals surface area contributed by atoms with Gasteiger partial charge in [-0.25, -0.2) is 0 Å². The SMILES string of the molecule is O=C(c1ccc(=O)[nH]c1)N1CC(COc2cncc(Cl)n2)C1. The quantitative estimate of drug-likeness (QED) is 0.907. The van der Waals surface area contributed by atoms with Gasteiger partial charge in [-0.05, 0) is 6.07 Å². The minimum absolute atomic E-state index is 0.102. The zero-order valence-corrected chi connectivity index (χ0v) is 12.3. The van der Waals surface area contributed by atoms with E-state index in [4.69, 9.17) is 16.3 Å². The topological polar surface area (TPSA) is 88.2 Å². The van der Waals surface area contributed by atoms with E-state index in [0.717, 1.165) is 0 Å². The average molecular weight is 321 g/mol. The lowest BCUT2D eigenvalue weighted by molar-refractivity contribution is 0.0387. The minimum atomic E-state index is -0.228. The van der Waals surface area contributed by atoms with E-state index in [0.29, 0.717) is 31.1 Å². The number of pyridine rings is 1. The fourth-order valence-corrected chi connectivity index (χ4v) is 2.31. The summed E-state index contributed by atoms with van der Waals surface area (Å²) in [6, 6.07) is 2.86. The summed E-state index contributed by atoms with van der Waals surface area (Å²) in [5.74, 6) is 0.514. The highest BCUT2D eigenvalue weighted by Crippen LogP contribution is 2.19. The Balaban J connectivity index is 1.48. The molecule has 1 N–H and O–H groups in total. The first-order chi connectivity index (χ1) is 10.6. The van der Waals surface area contributed by atoms with Crippen molar-refractivity contribution >= 4 is 17.5 Å². The van der Waals surface area contributed by atoms with Gasteiger partial charge in [0.05, 0.1) is 24.6 Å². The van der Waals surface area contributed by atoms with Gasteiger partial charge in [-0.3, -0.25) is 14.6 Å². The van der Waals surface area contributed by atoms with Gasteiger partial charge in [-0.2, -0.15) is 4.98 Å². The van der Waals surface area contributed by atoms with Crippen molar-refractivity contribution in [2.45, 2.75) is 0 Å². The molecule has 2 aromatic heterocycles. The molecule has 1 aliphatic heterocycles. The number of carbonyl (C=O) groups excluding carboxylic acids is 1. The van der Waals surface area contributed by atoms with Crippen LogP contribution in [0.3, 0.4) is 0 Å². The zero-order chi connectivity index (χ0) is 15.5. The van der Waals surface area contributed by atoms with Crippen LogP contribution in [0.4, 0.5) is 0 Å². The molecule has 7 nitrogen and oxygen atoms in total. The van der Waals surface area contributed by atoms with Crippen molar-refractivity contribution in [3.05, 3.63) is 51.8 Å². The van der Waals surface area contributed by atoms with Crippen LogP contribution in [0.15, 0.2) is 35.5 Å². The lowest BCUT2D eigenvalue weighted by Gasteiger charge is -2.38. The summed E-state index contributed by atoms with van der Waals surface area (Å²) < 4.78 is 5.50. The van der Waals surface area contributed by atoms with Crippen LogP contribution in [0.25, 0.3) is 0 Å². The largest absolute Gasteiger partial charge is 0.476 e. The molecule has 0 saturated carbocycles. The van der Waals surface area contributed by atoms with E-state index in [1.807, 2.05) is 0 Å². The van der Waals surface area contributed by atoms with Crippen molar-refractivity contribution in [1.29, 1.82) is 0 Å². The summed E-state index contributed by atoms with van der Waals surface area (Å²) in [5, 5.41) is 0.279. The first kappa shape index (κ1) is 14.5. The van der Waals surface area contributed by atoms with E-state index in [-0.39, 0.29) is 22.5 Å². The second-order valence-corrected chi connectivity index (χ2v) is 5.40. The molecule has 1 saturated heterocycles. The molecule has 0 atom stereocenters. The number of nitrogens with one attached hydrogen (secondary N) is 1. The zero-order valence-electron chi connectivity index (χ0n) is 11.5. The number of aromatic amines is 1. The summed E-state index contributed by atoms with van der Waals surface area (Å²) in [6.45, 7) is 1.66. The second kappa shape index (κ2) is 6.15. The van der Waals surface area contributed by atoms with E-state index in [1.54, 1.807) is 4.90 Å². The number of hydrogen-bond acceptors (Lipinski definition) is 5. The highest BCUT2D eigenvalue weighted by Gasteiger charge is 2.31. The number of carbonyl (C=O) groups is 1. The molecular formula is C14H13ClN4O3. The van der Waals surface area contributed by atoms with Crippen LogP contribution in [0, 0.1) is 5.92 Å². The third-order valence-corrected chi connectivity index (χ3v) is 3.51. The Bertz CT molecular complexity index is 722. The van der Waals surface area contributed by atoms with Crippen LogP contribution >= 0.6 is 11.6 Å². The average Bonchev–Trinajstić information content (AvgIpc) is 2.46. The minimum Gasteiger partial charge on any atom is -0.476 e. The molecule has 22 heavy (non-hydrogen) atoms. The highest BCUT2D eigenvalue weighted by atomic mass is 35.5. The first-order valence-corrected chi connectivity index (χ1v) is 7.08. The molecule has 0 aromatic carbocycles. The van der Waals surface area contributed by atoms with Crippen molar-refractivity contribution in [1.82, 2.24) is 19.9 Å². The van der Waals surface area contributed by atoms with E-state index in [1.165, 1.54) is 30.7 Å². The lowest BCUT2D eigenvalue weighted by Crippen LogP contribution is -2.52. The van der Waals surface area contributed by atoms with Crippen LogP contribution in [-0.2, 0) is 0 Å². The van der Waals surface area contributed by atoms with Gasteiger partial charge in [-0.1, -0.05) is 11.6 Å². The fraction of sp³-hybridized carbons (Fsp3) is 0.286. The van der Waals surface area contributed by atoms with Crippen molar-refractivity contribution < 1.29 is 9.53 Å². The van der Waals surface area contributed by atoms with Gasteiger partial charge in [0.25, 0.3) is 5.91 Å². The van der Waals surface area contributed by atoms with Crippen LogP contribution < -0.4 is 10.3 Å². The first-order valence-electron chi connectivity index (χ1n) is 6.70. The van der Waals surface area contributed by atoms with Crippen molar-refractivity contribution in [3.63, 3.8) is 0 Å². The molecule has 0 bridgehead atoms. The maximum Gasteiger partial charge on any atom is 0.255 e. The third kappa shape index (κ3) is 3.25. The number of rotatable bonds is 4. The Hall–Kier alpha value is -2.41. The van der Waals surface area contributed by atoms with Gasteiger partial charge < -0.3 is 14.6 Å². The van der Waals surface area contributed by atoms with Crippen LogP contribution in [0.2, 0.25) is 5.15 Å². The molecule has 0 radical (unpaired) electrons. The van der Waals surface area contributed by atoms with Gasteiger partial charge in [0.1, 0.15) is 0 Å². The fourth-order valence-electron chi connectivity index (χ4n) is 2.17. The molecule has 3 heterocycles. The number of nitrogens with zero attached hydrogens (tertiary/aromatic N) is 3. The number of likely N-dealkylation sites (tertiary alicyclic amines) is 1. The van der Waals surface area contributed by atoms with Gasteiger partial charge in [0.2, 0.25) is 11.4 Å². The van der Waals surface area contributed by atoms with Crippen molar-refractivity contribution in [2.24, 2.45) is 5.92 Å². The molecule has 1 fully saturated rings. The molecule has 1 aliphatic rings. The Kier molecular flexibility index (Phi) is 4.06. The third-order valence-electron chi connectivity index (χ3n) is 3.33. The number of ether oxygens (including phenoxy) is 1. The molecule has 2 aromatic rings. The maximum atomic E-state index is 12.1. The Morgan fingerprint density at radius 1 is 1.41 bits per heavy atom. The molecular weight excluding hydrogens is 308 g/mol. The summed E-state index contributed by atoms with van der Waals surface area (Å²) in [6.07, 6.45) is 4.35. The van der Waals surface area contributed by atoms with Gasteiger partial charge in [-0.15, -0.1) is 0 Å². The number of halogens is 1. The second-order valence-electron chi connectivity index (χ2n) is 5.01. The van der Waals surface area contributed by atoms with Gasteiger partial charge in [0.15, 0.2) is 5.15 Å². The summed E-state index contributed by atoms with van der Waals surface area (Å²) >= 11 is 5.72. The molecule has 1 amide bonds. The molecule has 3 rings (SSSR count). The van der Waals surface area contributed by atoms with Gasteiger partial charge in [0, 0.05) is 31.3 Å². The predicted octanol–water partition coefficient (Wildman–Crippen LogP) is 0.969. The van der Waals surface area contributed by atoms with E-state index < -0.39 is 0 Å². The molecule has 0 unspecified atom stereocenters. The number of amides is 1.